The average molecular weight is 307 g/mol. The van der Waals surface area contributed by atoms with Crippen LogP contribution in [0.15, 0.2) is 23.1 Å². The fraction of sp³-hybridized carbons (Fsp3) is 0.533. The molecule has 3 heterocycles. The van der Waals surface area contributed by atoms with Gasteiger partial charge in [-0.2, -0.15) is 0 Å². The van der Waals surface area contributed by atoms with Crippen LogP contribution in [0.4, 0.5) is 5.69 Å². The normalized spacial score (nSPS) is 28.4. The molecule has 3 aliphatic heterocycles. The van der Waals surface area contributed by atoms with E-state index in [-0.39, 0.29) is 0 Å². The summed E-state index contributed by atoms with van der Waals surface area (Å²) in [6.07, 6.45) is 4.68. The van der Waals surface area contributed by atoms with Gasteiger partial charge in [0.05, 0.1) is 0 Å². The predicted molar refractivity (Wildman–Crippen MR) is 90.7 cm³/mol. The first kappa shape index (κ1) is 14.2. The van der Waals surface area contributed by atoms with Crippen LogP contribution in [0.1, 0.15) is 18.4 Å². The third-order valence-corrected chi connectivity index (χ3v) is 5.47. The van der Waals surface area contributed by atoms with Crippen molar-refractivity contribution in [3.8, 4) is 0 Å². The number of fused-ring (bicyclic) bond motifs is 3. The molecule has 4 rings (SSSR count). The van der Waals surface area contributed by atoms with Crippen molar-refractivity contribution in [2.45, 2.75) is 23.8 Å². The summed E-state index contributed by atoms with van der Waals surface area (Å²) >= 11 is 6.95. The lowest BCUT2D eigenvalue weighted by Crippen LogP contribution is -2.53. The van der Waals surface area contributed by atoms with E-state index in [2.05, 4.69) is 34.7 Å². The van der Waals surface area contributed by atoms with E-state index >= 15 is 0 Å². The minimum atomic E-state index is 0.485. The average Bonchev–Trinajstić information content (AvgIpc) is 2.48. The number of rotatable bonds is 4. The van der Waals surface area contributed by atoms with Crippen molar-refractivity contribution in [3.05, 3.63) is 23.8 Å². The number of anilines is 1. The van der Waals surface area contributed by atoms with E-state index in [4.69, 9.17) is 18.0 Å². The molecule has 1 aromatic rings. The minimum absolute atomic E-state index is 0.485. The van der Waals surface area contributed by atoms with Crippen LogP contribution < -0.4 is 11.1 Å². The van der Waals surface area contributed by atoms with Gasteiger partial charge in [0.15, 0.2) is 0 Å². The van der Waals surface area contributed by atoms with Crippen molar-refractivity contribution in [3.63, 3.8) is 0 Å². The first-order chi connectivity index (χ1) is 9.69. The molecule has 0 radical (unpaired) electrons. The molecule has 3 nitrogen and oxygen atoms in total. The van der Waals surface area contributed by atoms with Crippen LogP contribution in [0.5, 0.6) is 0 Å². The number of benzene rings is 1. The van der Waals surface area contributed by atoms with Crippen LogP contribution in [0.25, 0.3) is 0 Å². The molecule has 1 aromatic carbocycles. The van der Waals surface area contributed by atoms with Crippen LogP contribution in [-0.2, 0) is 0 Å². The molecule has 3 N–H and O–H groups in total. The second-order valence-corrected chi connectivity index (χ2v) is 6.92. The largest absolute Gasteiger partial charge is 0.389 e. The predicted octanol–water partition coefficient (Wildman–Crippen LogP) is 2.55. The van der Waals surface area contributed by atoms with E-state index in [1.54, 1.807) is 11.8 Å². The van der Waals surface area contributed by atoms with Gasteiger partial charge in [0.1, 0.15) is 4.99 Å². The number of hydrogen-bond donors (Lipinski definition) is 2. The van der Waals surface area contributed by atoms with Gasteiger partial charge in [-0.25, -0.2) is 0 Å². The standard InChI is InChI=1S/C15H21N3S2/c1-20-13-4-2-3-11(14(13)15(16)19)17-12-9-18-7-5-10(12)6-8-18/h2-4,10,12,17H,5-9H2,1H3,(H2,16,19). The topological polar surface area (TPSA) is 41.3 Å². The molecule has 3 aliphatic rings. The number of hydrogen-bond acceptors (Lipinski definition) is 4. The Morgan fingerprint density at radius 2 is 2.15 bits per heavy atom. The zero-order valence-corrected chi connectivity index (χ0v) is 13.4. The minimum Gasteiger partial charge on any atom is -0.389 e. The van der Waals surface area contributed by atoms with Gasteiger partial charge in [-0.05, 0) is 50.2 Å². The third kappa shape index (κ3) is 2.67. The Morgan fingerprint density at radius 1 is 1.40 bits per heavy atom. The molecule has 1 atom stereocenters. The van der Waals surface area contributed by atoms with Crippen molar-refractivity contribution in [2.75, 3.05) is 31.2 Å². The Morgan fingerprint density at radius 3 is 2.70 bits per heavy atom. The summed E-state index contributed by atoms with van der Waals surface area (Å²) in [4.78, 5) is 4.19. The van der Waals surface area contributed by atoms with Crippen molar-refractivity contribution in [1.82, 2.24) is 4.90 Å². The lowest BCUT2D eigenvalue weighted by atomic mass is 9.84. The maximum Gasteiger partial charge on any atom is 0.107 e. The number of thiocarbonyl (C=S) groups is 1. The van der Waals surface area contributed by atoms with Crippen LogP contribution in [0.2, 0.25) is 0 Å². The lowest BCUT2D eigenvalue weighted by molar-refractivity contribution is 0.0975. The quantitative estimate of drug-likeness (QED) is 0.661. The van der Waals surface area contributed by atoms with Crippen molar-refractivity contribution >= 4 is 34.7 Å². The van der Waals surface area contributed by atoms with E-state index in [9.17, 15) is 0 Å². The number of nitrogens with one attached hydrogen (secondary N) is 1. The van der Waals surface area contributed by atoms with Gasteiger partial charge in [0, 0.05) is 28.7 Å². The van der Waals surface area contributed by atoms with Crippen molar-refractivity contribution in [1.29, 1.82) is 0 Å². The fourth-order valence-corrected chi connectivity index (χ4v) is 4.33. The number of thioether (sulfide) groups is 1. The van der Waals surface area contributed by atoms with Crippen molar-refractivity contribution in [2.24, 2.45) is 11.7 Å². The Balaban J connectivity index is 1.85. The lowest BCUT2D eigenvalue weighted by Gasteiger charge is -2.45. The summed E-state index contributed by atoms with van der Waals surface area (Å²) in [6, 6.07) is 6.80. The van der Waals surface area contributed by atoms with Crippen LogP contribution in [0, 0.1) is 5.92 Å². The van der Waals surface area contributed by atoms with Crippen LogP contribution in [-0.4, -0.2) is 41.8 Å². The first-order valence-electron chi connectivity index (χ1n) is 7.14. The van der Waals surface area contributed by atoms with Crippen LogP contribution in [0.3, 0.4) is 0 Å². The second-order valence-electron chi connectivity index (χ2n) is 5.64. The number of nitrogens with two attached hydrogens (primary N) is 1. The molecule has 20 heavy (non-hydrogen) atoms. The highest BCUT2D eigenvalue weighted by Crippen LogP contribution is 2.32. The maximum absolute atomic E-state index is 5.94. The van der Waals surface area contributed by atoms with E-state index < -0.39 is 0 Å². The molecule has 0 saturated carbocycles. The molecule has 0 amide bonds. The monoisotopic (exact) mass is 307 g/mol. The molecular weight excluding hydrogens is 286 g/mol. The molecule has 5 heteroatoms. The van der Waals surface area contributed by atoms with E-state index in [1.165, 1.54) is 25.9 Å². The second kappa shape index (κ2) is 5.92. The first-order valence-corrected chi connectivity index (χ1v) is 8.78. The van der Waals surface area contributed by atoms with Gasteiger partial charge in [0.25, 0.3) is 0 Å². The molecule has 2 bridgehead atoms. The van der Waals surface area contributed by atoms with E-state index in [0.29, 0.717) is 11.0 Å². The van der Waals surface area contributed by atoms with Gasteiger partial charge in [-0.1, -0.05) is 18.3 Å². The number of piperidine rings is 3. The zero-order valence-electron chi connectivity index (χ0n) is 11.8. The number of nitrogens with zero attached hydrogens (tertiary/aromatic N) is 1. The Hall–Kier alpha value is -0.780. The van der Waals surface area contributed by atoms with E-state index in [1.807, 2.05) is 0 Å². The summed E-state index contributed by atoms with van der Waals surface area (Å²) in [5.41, 5.74) is 8.05. The molecular formula is C15H21N3S2. The summed E-state index contributed by atoms with van der Waals surface area (Å²) < 4.78 is 0. The molecule has 108 valence electrons. The molecule has 3 saturated heterocycles. The molecule has 0 aromatic heterocycles. The summed E-state index contributed by atoms with van der Waals surface area (Å²) in [5, 5.41) is 3.71. The SMILES string of the molecule is CSc1cccc(NC2CN3CCC2CC3)c1C(N)=S. The van der Waals surface area contributed by atoms with E-state index in [0.717, 1.165) is 28.6 Å². The fourth-order valence-electron chi connectivity index (χ4n) is 3.40. The highest BCUT2D eigenvalue weighted by Gasteiger charge is 2.34. The summed E-state index contributed by atoms with van der Waals surface area (Å²) in [6.45, 7) is 3.66. The zero-order chi connectivity index (χ0) is 14.1. The third-order valence-electron chi connectivity index (χ3n) is 4.49. The smallest absolute Gasteiger partial charge is 0.107 e. The summed E-state index contributed by atoms with van der Waals surface area (Å²) in [5.74, 6) is 0.789. The maximum atomic E-state index is 5.94. The van der Waals surface area contributed by atoms with Crippen LogP contribution >= 0.6 is 24.0 Å². The van der Waals surface area contributed by atoms with Gasteiger partial charge in [-0.3, -0.25) is 0 Å². The molecule has 3 fully saturated rings. The highest BCUT2D eigenvalue weighted by atomic mass is 32.2. The van der Waals surface area contributed by atoms with Gasteiger partial charge < -0.3 is 16.0 Å². The molecule has 0 spiro atoms. The molecule has 0 aliphatic carbocycles. The highest BCUT2D eigenvalue weighted by molar-refractivity contribution is 7.98. The Labute approximate surface area is 130 Å². The Kier molecular flexibility index (Phi) is 4.19. The molecule has 1 unspecified atom stereocenters. The Bertz CT molecular complexity index is 510. The van der Waals surface area contributed by atoms with Crippen molar-refractivity contribution < 1.29 is 0 Å². The summed E-state index contributed by atoms with van der Waals surface area (Å²) in [7, 11) is 0. The van der Waals surface area contributed by atoms with Gasteiger partial charge in [0.2, 0.25) is 0 Å². The van der Waals surface area contributed by atoms with Gasteiger partial charge in [-0.15, -0.1) is 11.8 Å². The van der Waals surface area contributed by atoms with Gasteiger partial charge >= 0.3 is 0 Å².